The summed E-state index contributed by atoms with van der Waals surface area (Å²) in [6.07, 6.45) is 3.62. The minimum atomic E-state index is -0.766. The number of hydrogen-bond donors (Lipinski definition) is 2. The van der Waals surface area contributed by atoms with Crippen LogP contribution in [0.2, 0.25) is 0 Å². The van der Waals surface area contributed by atoms with Gasteiger partial charge >= 0.3 is 6.03 Å². The average molecular weight is 338 g/mol. The molecule has 2 N–H and O–H groups in total. The van der Waals surface area contributed by atoms with E-state index in [2.05, 4.69) is 44.8 Å². The molecule has 3 heterocycles. The number of urea groups is 1. The first kappa shape index (κ1) is 16.0. The zero-order valence-electron chi connectivity index (χ0n) is 14.3. The van der Waals surface area contributed by atoms with Gasteiger partial charge in [-0.2, -0.15) is 0 Å². The van der Waals surface area contributed by atoms with Crippen LogP contribution in [0.15, 0.2) is 36.5 Å². The van der Waals surface area contributed by atoms with Crippen molar-refractivity contribution < 1.29 is 9.59 Å². The van der Waals surface area contributed by atoms with Crippen LogP contribution in [0.3, 0.4) is 0 Å². The fourth-order valence-corrected chi connectivity index (χ4v) is 3.99. The molecule has 0 spiro atoms. The molecule has 1 atom stereocenters. The van der Waals surface area contributed by atoms with E-state index < -0.39 is 5.54 Å². The Balaban J connectivity index is 1.40. The molecule has 3 amide bonds. The summed E-state index contributed by atoms with van der Waals surface area (Å²) in [6.45, 7) is 4.58. The quantitative estimate of drug-likeness (QED) is 0.840. The van der Waals surface area contributed by atoms with Crippen LogP contribution in [0.4, 0.5) is 4.79 Å². The van der Waals surface area contributed by atoms with Crippen LogP contribution in [0.1, 0.15) is 25.3 Å². The molecule has 2 aliphatic rings. The maximum atomic E-state index is 12.1. The number of hydrogen-bond acceptors (Lipinski definition) is 4. The summed E-state index contributed by atoms with van der Waals surface area (Å²) in [5.41, 5.74) is 1.52. The van der Waals surface area contributed by atoms with Crippen molar-refractivity contribution in [2.45, 2.75) is 31.8 Å². The lowest BCUT2D eigenvalue weighted by Gasteiger charge is -2.38. The molecule has 4 rings (SSSR count). The minimum Gasteiger partial charge on any atom is -0.323 e. The molecular weight excluding hydrogens is 316 g/mol. The molecule has 2 fully saturated rings. The number of amides is 3. The molecule has 0 radical (unpaired) electrons. The predicted octanol–water partition coefficient (Wildman–Crippen LogP) is 2.04. The number of rotatable bonds is 3. The van der Waals surface area contributed by atoms with Gasteiger partial charge < -0.3 is 5.32 Å². The fourth-order valence-electron chi connectivity index (χ4n) is 3.99. The molecule has 0 saturated carbocycles. The van der Waals surface area contributed by atoms with E-state index in [1.165, 1.54) is 5.56 Å². The van der Waals surface area contributed by atoms with Gasteiger partial charge in [0.25, 0.3) is 5.91 Å². The number of fused-ring (bicyclic) bond motifs is 1. The van der Waals surface area contributed by atoms with Crippen molar-refractivity contribution in [3.63, 3.8) is 0 Å². The second kappa shape index (κ2) is 6.11. The van der Waals surface area contributed by atoms with E-state index in [-0.39, 0.29) is 17.9 Å². The molecule has 0 aliphatic carbocycles. The zero-order valence-corrected chi connectivity index (χ0v) is 14.3. The third-order valence-corrected chi connectivity index (χ3v) is 5.55. The van der Waals surface area contributed by atoms with Crippen LogP contribution in [0, 0.1) is 5.92 Å². The van der Waals surface area contributed by atoms with E-state index in [1.807, 2.05) is 19.2 Å². The Morgan fingerprint density at radius 2 is 2.04 bits per heavy atom. The number of nitrogens with one attached hydrogen (secondary N) is 2. The molecule has 6 heteroatoms. The normalized spacial score (nSPS) is 25.2. The van der Waals surface area contributed by atoms with Crippen LogP contribution in [-0.4, -0.2) is 40.5 Å². The SMILES string of the molecule is CC1(C2CCN(Cc3ccc4ncccc4c3)CC2)NC(=O)NC1=O. The summed E-state index contributed by atoms with van der Waals surface area (Å²) in [6, 6.07) is 10.1. The molecule has 1 unspecified atom stereocenters. The fraction of sp³-hybridized carbons (Fsp3) is 0.421. The van der Waals surface area contributed by atoms with Crippen molar-refractivity contribution in [1.82, 2.24) is 20.5 Å². The smallest absolute Gasteiger partial charge is 0.322 e. The van der Waals surface area contributed by atoms with E-state index in [0.717, 1.165) is 43.4 Å². The number of carbonyl (C=O) groups excluding carboxylic acids is 2. The number of likely N-dealkylation sites (tertiary alicyclic amines) is 1. The van der Waals surface area contributed by atoms with Crippen LogP contribution in [0.25, 0.3) is 10.9 Å². The Kier molecular flexibility index (Phi) is 3.92. The molecule has 25 heavy (non-hydrogen) atoms. The maximum Gasteiger partial charge on any atom is 0.322 e. The highest BCUT2D eigenvalue weighted by molar-refractivity contribution is 6.06. The molecule has 1 aromatic heterocycles. The van der Waals surface area contributed by atoms with Crippen LogP contribution in [0.5, 0.6) is 0 Å². The first-order valence-corrected chi connectivity index (χ1v) is 8.74. The second-order valence-corrected chi connectivity index (χ2v) is 7.19. The number of imide groups is 1. The summed E-state index contributed by atoms with van der Waals surface area (Å²) < 4.78 is 0. The molecule has 2 aromatic rings. The Hall–Kier alpha value is -2.47. The highest BCUT2D eigenvalue weighted by Gasteiger charge is 2.48. The number of nitrogens with zero attached hydrogens (tertiary/aromatic N) is 2. The Labute approximate surface area is 146 Å². The summed E-state index contributed by atoms with van der Waals surface area (Å²) >= 11 is 0. The van der Waals surface area contributed by atoms with E-state index in [1.54, 1.807) is 0 Å². The van der Waals surface area contributed by atoms with E-state index in [9.17, 15) is 9.59 Å². The standard InChI is InChI=1S/C19H22N4O2/c1-19(17(24)21-18(25)22-19)15-6-9-23(10-7-15)12-13-4-5-16-14(11-13)3-2-8-20-16/h2-5,8,11,15H,6-7,9-10,12H2,1H3,(H2,21,22,24,25). The molecule has 0 bridgehead atoms. The predicted molar refractivity (Wildman–Crippen MR) is 94.8 cm³/mol. The molecular formula is C19H22N4O2. The Bertz CT molecular complexity index is 829. The number of carbonyl (C=O) groups is 2. The van der Waals surface area contributed by atoms with Gasteiger partial charge in [0.05, 0.1) is 5.52 Å². The van der Waals surface area contributed by atoms with Crippen LogP contribution in [-0.2, 0) is 11.3 Å². The lowest BCUT2D eigenvalue weighted by Crippen LogP contribution is -2.53. The van der Waals surface area contributed by atoms with E-state index in [0.29, 0.717) is 0 Å². The third-order valence-electron chi connectivity index (χ3n) is 5.55. The third kappa shape index (κ3) is 2.98. The summed E-state index contributed by atoms with van der Waals surface area (Å²) in [7, 11) is 0. The van der Waals surface area contributed by atoms with Crippen molar-refractivity contribution >= 4 is 22.8 Å². The molecule has 2 saturated heterocycles. The van der Waals surface area contributed by atoms with Gasteiger partial charge in [-0.3, -0.25) is 20.0 Å². The first-order chi connectivity index (χ1) is 12.0. The van der Waals surface area contributed by atoms with Gasteiger partial charge in [-0.1, -0.05) is 12.1 Å². The van der Waals surface area contributed by atoms with Crippen molar-refractivity contribution in [3.8, 4) is 0 Å². The number of benzene rings is 1. The Morgan fingerprint density at radius 3 is 2.76 bits per heavy atom. The van der Waals surface area contributed by atoms with Crippen molar-refractivity contribution in [3.05, 3.63) is 42.1 Å². The summed E-state index contributed by atoms with van der Waals surface area (Å²) in [5, 5.41) is 6.33. The molecule has 130 valence electrons. The van der Waals surface area contributed by atoms with E-state index >= 15 is 0 Å². The zero-order chi connectivity index (χ0) is 17.4. The topological polar surface area (TPSA) is 74.3 Å². The van der Waals surface area contributed by atoms with Gasteiger partial charge in [0.15, 0.2) is 0 Å². The largest absolute Gasteiger partial charge is 0.323 e. The molecule has 2 aliphatic heterocycles. The van der Waals surface area contributed by atoms with Gasteiger partial charge in [0, 0.05) is 18.1 Å². The van der Waals surface area contributed by atoms with Crippen molar-refractivity contribution in [2.24, 2.45) is 5.92 Å². The average Bonchev–Trinajstić information content (AvgIpc) is 2.88. The lowest BCUT2D eigenvalue weighted by molar-refractivity contribution is -0.125. The van der Waals surface area contributed by atoms with Gasteiger partial charge in [-0.15, -0.1) is 0 Å². The lowest BCUT2D eigenvalue weighted by atomic mass is 9.79. The number of pyridine rings is 1. The van der Waals surface area contributed by atoms with Crippen LogP contribution >= 0.6 is 0 Å². The number of aromatic nitrogens is 1. The monoisotopic (exact) mass is 338 g/mol. The van der Waals surface area contributed by atoms with Crippen molar-refractivity contribution in [2.75, 3.05) is 13.1 Å². The second-order valence-electron chi connectivity index (χ2n) is 7.19. The van der Waals surface area contributed by atoms with Crippen LogP contribution < -0.4 is 10.6 Å². The van der Waals surface area contributed by atoms with Gasteiger partial charge in [0.1, 0.15) is 5.54 Å². The molecule has 6 nitrogen and oxygen atoms in total. The van der Waals surface area contributed by atoms with Gasteiger partial charge in [0.2, 0.25) is 0 Å². The Morgan fingerprint density at radius 1 is 1.24 bits per heavy atom. The van der Waals surface area contributed by atoms with Gasteiger partial charge in [-0.25, -0.2) is 4.79 Å². The summed E-state index contributed by atoms with van der Waals surface area (Å²) in [5.74, 6) is -0.0195. The highest BCUT2D eigenvalue weighted by Crippen LogP contribution is 2.31. The highest BCUT2D eigenvalue weighted by atomic mass is 16.2. The number of piperidine rings is 1. The minimum absolute atomic E-state index is 0.177. The van der Waals surface area contributed by atoms with Gasteiger partial charge in [-0.05, 0) is 62.5 Å². The summed E-state index contributed by atoms with van der Waals surface area (Å²) in [4.78, 5) is 30.3. The van der Waals surface area contributed by atoms with E-state index in [4.69, 9.17) is 0 Å². The molecule has 1 aromatic carbocycles. The first-order valence-electron chi connectivity index (χ1n) is 8.74. The van der Waals surface area contributed by atoms with Crippen molar-refractivity contribution in [1.29, 1.82) is 0 Å². The maximum absolute atomic E-state index is 12.1.